The molecule has 0 fully saturated rings. The normalized spacial score (nSPS) is 10.3. The molecule has 0 spiro atoms. The maximum atomic E-state index is 3.82. The molecule has 1 heteroatoms. The third-order valence-electron chi connectivity index (χ3n) is 3.99. The first kappa shape index (κ1) is 15.5. The second-order valence-electron chi connectivity index (χ2n) is 5.42. The van der Waals surface area contributed by atoms with Gasteiger partial charge in [0, 0.05) is 0 Å². The Morgan fingerprint density at radius 2 is 1.17 bits per heavy atom. The average molecular weight is 314 g/mol. The fourth-order valence-corrected chi connectivity index (χ4v) is 3.15. The summed E-state index contributed by atoms with van der Waals surface area (Å²) in [5, 5.41) is 1.20. The van der Waals surface area contributed by atoms with Crippen LogP contribution in [-0.2, 0) is 0 Å². The Balaban J connectivity index is 2.15. The smallest absolute Gasteiger partial charge is 0.00337 e. The molecule has 112 valence electrons. The van der Waals surface area contributed by atoms with Crippen molar-refractivity contribution in [1.29, 1.82) is 0 Å². The van der Waals surface area contributed by atoms with Crippen LogP contribution in [0.4, 0.5) is 0 Å². The largest absolute Gasteiger partial charge is 0.105 e. The highest BCUT2D eigenvalue weighted by Crippen LogP contribution is 2.32. The summed E-state index contributed by atoms with van der Waals surface area (Å²) in [5.41, 5.74) is 7.17. The summed E-state index contributed by atoms with van der Waals surface area (Å²) >= 11 is 0. The van der Waals surface area contributed by atoms with Gasteiger partial charge in [-0.05, 0) is 38.7 Å². The molecule has 0 saturated heterocycles. The van der Waals surface area contributed by atoms with Crippen molar-refractivity contribution in [3.05, 3.63) is 91.0 Å². The van der Waals surface area contributed by atoms with Crippen molar-refractivity contribution in [3.8, 4) is 22.3 Å². The monoisotopic (exact) mass is 314 g/mol. The third kappa shape index (κ3) is 3.18. The van der Waals surface area contributed by atoms with Gasteiger partial charge in [0.15, 0.2) is 0 Å². The van der Waals surface area contributed by atoms with Crippen molar-refractivity contribution in [1.82, 2.24) is 0 Å². The Hall–Kier alpha value is -2.43. The van der Waals surface area contributed by atoms with E-state index in [-0.39, 0.29) is 0 Å². The molecule has 0 amide bonds. The zero-order chi connectivity index (χ0) is 16.2. The van der Waals surface area contributed by atoms with E-state index in [0.717, 1.165) is 11.1 Å². The van der Waals surface area contributed by atoms with E-state index in [1.165, 1.54) is 27.6 Å². The van der Waals surface area contributed by atoms with E-state index in [1.807, 2.05) is 12.2 Å². The first-order valence-corrected chi connectivity index (χ1v) is 8.15. The van der Waals surface area contributed by atoms with Gasteiger partial charge in [0.25, 0.3) is 0 Å². The SMILES string of the molecule is C=Cc1ccc(-c2cccc(P)c2-c2ccc(C=C)cc2)cc1. The van der Waals surface area contributed by atoms with E-state index in [0.29, 0.717) is 0 Å². The molecule has 0 aliphatic heterocycles. The molecular weight excluding hydrogens is 295 g/mol. The molecule has 0 bridgehead atoms. The lowest BCUT2D eigenvalue weighted by Gasteiger charge is -2.14. The predicted molar refractivity (Wildman–Crippen MR) is 107 cm³/mol. The van der Waals surface area contributed by atoms with Crippen LogP contribution in [0.1, 0.15) is 11.1 Å². The van der Waals surface area contributed by atoms with Crippen molar-refractivity contribution < 1.29 is 0 Å². The number of hydrogen-bond acceptors (Lipinski definition) is 0. The molecule has 3 aromatic rings. The van der Waals surface area contributed by atoms with E-state index in [2.05, 4.69) is 89.1 Å². The summed E-state index contributed by atoms with van der Waals surface area (Å²) in [6, 6.07) is 23.4. The molecule has 0 N–H and O–H groups in total. The number of hydrogen-bond donors (Lipinski definition) is 0. The Bertz CT molecular complexity index is 840. The number of benzene rings is 3. The van der Waals surface area contributed by atoms with E-state index >= 15 is 0 Å². The molecule has 1 unspecified atom stereocenters. The van der Waals surface area contributed by atoms with Gasteiger partial charge in [-0.3, -0.25) is 0 Å². The van der Waals surface area contributed by atoms with Crippen LogP contribution in [0.2, 0.25) is 0 Å². The van der Waals surface area contributed by atoms with Crippen molar-refractivity contribution in [2.75, 3.05) is 0 Å². The van der Waals surface area contributed by atoms with Gasteiger partial charge in [-0.25, -0.2) is 0 Å². The Labute approximate surface area is 140 Å². The van der Waals surface area contributed by atoms with Crippen LogP contribution in [-0.4, -0.2) is 0 Å². The summed E-state index contributed by atoms with van der Waals surface area (Å²) in [6.07, 6.45) is 3.73. The van der Waals surface area contributed by atoms with Gasteiger partial charge in [0.2, 0.25) is 0 Å². The van der Waals surface area contributed by atoms with E-state index < -0.39 is 0 Å². The molecule has 0 aromatic heterocycles. The fraction of sp³-hybridized carbons (Fsp3) is 0. The molecule has 3 rings (SSSR count). The highest BCUT2D eigenvalue weighted by atomic mass is 31.0. The molecule has 0 aliphatic rings. The van der Waals surface area contributed by atoms with Crippen LogP contribution in [0.25, 0.3) is 34.4 Å². The van der Waals surface area contributed by atoms with Gasteiger partial charge in [-0.2, -0.15) is 0 Å². The zero-order valence-electron chi connectivity index (χ0n) is 13.0. The van der Waals surface area contributed by atoms with Gasteiger partial charge in [-0.1, -0.05) is 92.0 Å². The minimum atomic E-state index is 1.13. The van der Waals surface area contributed by atoms with E-state index in [4.69, 9.17) is 0 Å². The lowest BCUT2D eigenvalue weighted by molar-refractivity contribution is 1.58. The highest BCUT2D eigenvalue weighted by Gasteiger charge is 2.10. The molecular formula is C22H19P. The molecule has 23 heavy (non-hydrogen) atoms. The minimum absolute atomic E-state index is 1.13. The lowest BCUT2D eigenvalue weighted by Crippen LogP contribution is -1.99. The second kappa shape index (κ2) is 6.77. The summed E-state index contributed by atoms with van der Waals surface area (Å²) in [5.74, 6) is 0. The first-order valence-electron chi connectivity index (χ1n) is 7.57. The summed E-state index contributed by atoms with van der Waals surface area (Å²) in [7, 11) is 2.85. The fourth-order valence-electron chi connectivity index (χ4n) is 2.72. The van der Waals surface area contributed by atoms with Gasteiger partial charge in [0.05, 0.1) is 0 Å². The van der Waals surface area contributed by atoms with Crippen LogP contribution in [0, 0.1) is 0 Å². The van der Waals surface area contributed by atoms with Crippen molar-refractivity contribution in [3.63, 3.8) is 0 Å². The molecule has 3 aromatic carbocycles. The lowest BCUT2D eigenvalue weighted by atomic mass is 9.93. The summed E-state index contributed by atoms with van der Waals surface area (Å²) in [6.45, 7) is 7.64. The standard InChI is InChI=1S/C22H19P/c1-3-16-8-12-18(13-9-16)20-6-5-7-21(23)22(20)19-14-10-17(4-2)11-15-19/h3-15H,1-2,23H2. The Morgan fingerprint density at radius 1 is 0.652 bits per heavy atom. The second-order valence-corrected chi connectivity index (χ2v) is 6.04. The molecule has 0 radical (unpaired) electrons. The van der Waals surface area contributed by atoms with Crippen LogP contribution in [0.3, 0.4) is 0 Å². The van der Waals surface area contributed by atoms with Crippen molar-refractivity contribution >= 4 is 26.7 Å². The Morgan fingerprint density at radius 3 is 1.70 bits per heavy atom. The maximum Gasteiger partial charge on any atom is -0.00337 e. The van der Waals surface area contributed by atoms with Crippen LogP contribution >= 0.6 is 9.24 Å². The van der Waals surface area contributed by atoms with Crippen LogP contribution in [0.15, 0.2) is 79.9 Å². The maximum absolute atomic E-state index is 3.82. The van der Waals surface area contributed by atoms with E-state index in [9.17, 15) is 0 Å². The molecule has 0 nitrogen and oxygen atoms in total. The highest BCUT2D eigenvalue weighted by molar-refractivity contribution is 7.28. The molecule has 0 aliphatic carbocycles. The van der Waals surface area contributed by atoms with Crippen LogP contribution in [0.5, 0.6) is 0 Å². The minimum Gasteiger partial charge on any atom is -0.105 e. The summed E-state index contributed by atoms with van der Waals surface area (Å²) in [4.78, 5) is 0. The van der Waals surface area contributed by atoms with Gasteiger partial charge in [-0.15, -0.1) is 9.24 Å². The quantitative estimate of drug-likeness (QED) is 0.533. The number of rotatable bonds is 4. The van der Waals surface area contributed by atoms with Crippen LogP contribution < -0.4 is 5.30 Å². The molecule has 0 heterocycles. The molecule has 1 atom stereocenters. The van der Waals surface area contributed by atoms with Gasteiger partial charge in [0.1, 0.15) is 0 Å². The van der Waals surface area contributed by atoms with Crippen molar-refractivity contribution in [2.24, 2.45) is 0 Å². The topological polar surface area (TPSA) is 0 Å². The predicted octanol–water partition coefficient (Wildman–Crippen LogP) is 5.81. The van der Waals surface area contributed by atoms with Gasteiger partial charge >= 0.3 is 0 Å². The average Bonchev–Trinajstić information content (AvgIpc) is 2.62. The Kier molecular flexibility index (Phi) is 4.55. The third-order valence-corrected chi connectivity index (χ3v) is 4.47. The van der Waals surface area contributed by atoms with E-state index in [1.54, 1.807) is 0 Å². The van der Waals surface area contributed by atoms with Gasteiger partial charge < -0.3 is 0 Å². The molecule has 0 saturated carbocycles. The van der Waals surface area contributed by atoms with Crippen molar-refractivity contribution in [2.45, 2.75) is 0 Å². The zero-order valence-corrected chi connectivity index (χ0v) is 14.2. The summed E-state index contributed by atoms with van der Waals surface area (Å²) < 4.78 is 0. The first-order chi connectivity index (χ1) is 11.2.